The fraction of sp³-hybridized carbons (Fsp3) is 0.280. The highest BCUT2D eigenvalue weighted by Gasteiger charge is 2.32. The Bertz CT molecular complexity index is 1000. The van der Waals surface area contributed by atoms with Gasteiger partial charge in [0.2, 0.25) is 10.0 Å². The minimum Gasteiger partial charge on any atom is -0.207 e. The predicted octanol–water partition coefficient (Wildman–Crippen LogP) is 4.82. The van der Waals surface area contributed by atoms with E-state index in [9.17, 15) is 8.42 Å². The van der Waals surface area contributed by atoms with Crippen molar-refractivity contribution in [3.05, 3.63) is 90.5 Å². The summed E-state index contributed by atoms with van der Waals surface area (Å²) < 4.78 is 29.3. The first-order valence-electron chi connectivity index (χ1n) is 10.1. The van der Waals surface area contributed by atoms with Gasteiger partial charge in [-0.25, -0.2) is 13.1 Å². The molecule has 3 aromatic rings. The number of rotatable bonds is 7. The smallest absolute Gasteiger partial charge is 0.207 e. The Balaban J connectivity index is 1.95. The molecular weight excluding hydrogens is 409 g/mol. The van der Waals surface area contributed by atoms with Gasteiger partial charge >= 0.3 is 0 Å². The third-order valence-corrected chi connectivity index (χ3v) is 9.24. The Hall–Kier alpha value is -2.00. The molecule has 0 saturated heterocycles. The average Bonchev–Trinajstić information content (AvgIpc) is 2.72. The van der Waals surface area contributed by atoms with E-state index in [4.69, 9.17) is 0 Å². The summed E-state index contributed by atoms with van der Waals surface area (Å²) in [5, 5.41) is 2.50. The molecule has 0 radical (unpaired) electrons. The van der Waals surface area contributed by atoms with E-state index in [1.165, 1.54) is 10.6 Å². The molecule has 1 N–H and O–H groups in total. The van der Waals surface area contributed by atoms with Gasteiger partial charge in [0, 0.05) is 6.04 Å². The van der Waals surface area contributed by atoms with Crippen molar-refractivity contribution >= 4 is 28.6 Å². The number of sulfonamides is 1. The Morgan fingerprint density at radius 3 is 1.70 bits per heavy atom. The topological polar surface area (TPSA) is 46.2 Å². The lowest BCUT2D eigenvalue weighted by Crippen LogP contribution is -2.46. The molecule has 0 heterocycles. The Labute approximate surface area is 182 Å². The molecular formula is C25H30NO2PS. The van der Waals surface area contributed by atoms with Crippen molar-refractivity contribution in [1.82, 2.24) is 4.72 Å². The lowest BCUT2D eigenvalue weighted by molar-refractivity contribution is 0.321. The van der Waals surface area contributed by atoms with Gasteiger partial charge < -0.3 is 0 Å². The van der Waals surface area contributed by atoms with E-state index in [-0.39, 0.29) is 11.5 Å². The van der Waals surface area contributed by atoms with Gasteiger partial charge in [-0.05, 0) is 49.2 Å². The van der Waals surface area contributed by atoms with Crippen LogP contribution in [0.2, 0.25) is 0 Å². The second kappa shape index (κ2) is 9.43. The van der Waals surface area contributed by atoms with Crippen molar-refractivity contribution in [2.75, 3.05) is 6.16 Å². The number of hydrogen-bond donors (Lipinski definition) is 1. The van der Waals surface area contributed by atoms with Crippen LogP contribution in [0.4, 0.5) is 0 Å². The van der Waals surface area contributed by atoms with Crippen LogP contribution in [0.5, 0.6) is 0 Å². The summed E-state index contributed by atoms with van der Waals surface area (Å²) in [6, 6.07) is 27.6. The van der Waals surface area contributed by atoms with Crippen LogP contribution in [-0.4, -0.2) is 20.6 Å². The maximum absolute atomic E-state index is 13.2. The summed E-state index contributed by atoms with van der Waals surface area (Å²) in [6.45, 7) is 8.24. The van der Waals surface area contributed by atoms with Crippen LogP contribution in [0.1, 0.15) is 26.3 Å². The average molecular weight is 440 g/mol. The van der Waals surface area contributed by atoms with E-state index in [1.807, 2.05) is 31.2 Å². The standard InChI is InChI=1S/C25H30NO2PS/c1-20-15-17-23(18-16-20)30(27,28)26-24(25(2,3)4)19-29(21-11-7-5-8-12-21)22-13-9-6-10-14-22/h5-18,24,26H,19H2,1-4H3/t24-/m1/s1. The molecule has 0 aliphatic rings. The lowest BCUT2D eigenvalue weighted by Gasteiger charge is -2.34. The van der Waals surface area contributed by atoms with Gasteiger partial charge in [-0.1, -0.05) is 99.1 Å². The van der Waals surface area contributed by atoms with E-state index in [0.29, 0.717) is 4.90 Å². The second-order valence-corrected chi connectivity index (χ2v) is 12.6. The highest BCUT2D eigenvalue weighted by molar-refractivity contribution is 7.89. The van der Waals surface area contributed by atoms with Gasteiger partial charge in [0.25, 0.3) is 0 Å². The van der Waals surface area contributed by atoms with Crippen molar-refractivity contribution in [2.24, 2.45) is 5.41 Å². The Kier molecular flexibility index (Phi) is 7.13. The maximum atomic E-state index is 13.2. The molecule has 0 spiro atoms. The minimum absolute atomic E-state index is 0.213. The highest BCUT2D eigenvalue weighted by Crippen LogP contribution is 2.38. The third-order valence-electron chi connectivity index (χ3n) is 5.17. The molecule has 0 bridgehead atoms. The van der Waals surface area contributed by atoms with Gasteiger partial charge in [0.15, 0.2) is 0 Å². The molecule has 0 fully saturated rings. The van der Waals surface area contributed by atoms with Gasteiger partial charge in [-0.2, -0.15) is 0 Å². The molecule has 0 unspecified atom stereocenters. The quantitative estimate of drug-likeness (QED) is 0.537. The third kappa shape index (κ3) is 5.78. The molecule has 0 amide bonds. The van der Waals surface area contributed by atoms with Gasteiger partial charge in [-0.3, -0.25) is 0 Å². The van der Waals surface area contributed by atoms with Gasteiger partial charge in [0.05, 0.1) is 4.90 Å². The molecule has 0 aliphatic carbocycles. The summed E-state index contributed by atoms with van der Waals surface area (Å²) >= 11 is 0. The van der Waals surface area contributed by atoms with Crippen LogP contribution in [0.25, 0.3) is 0 Å². The first-order chi connectivity index (χ1) is 14.2. The molecule has 0 aromatic heterocycles. The molecule has 30 heavy (non-hydrogen) atoms. The monoisotopic (exact) mass is 439 g/mol. The van der Waals surface area contributed by atoms with Gasteiger partial charge in [0.1, 0.15) is 0 Å². The fourth-order valence-electron chi connectivity index (χ4n) is 3.22. The van der Waals surface area contributed by atoms with Crippen LogP contribution in [-0.2, 0) is 10.0 Å². The molecule has 0 aliphatic heterocycles. The van der Waals surface area contributed by atoms with Crippen molar-refractivity contribution in [3.8, 4) is 0 Å². The molecule has 3 aromatic carbocycles. The first kappa shape index (κ1) is 22.7. The number of benzene rings is 3. The first-order valence-corrected chi connectivity index (χ1v) is 13.1. The van der Waals surface area contributed by atoms with E-state index in [1.54, 1.807) is 12.1 Å². The molecule has 1 atom stereocenters. The molecule has 3 nitrogen and oxygen atoms in total. The summed E-state index contributed by atoms with van der Waals surface area (Å²) in [5.41, 5.74) is 0.806. The zero-order valence-corrected chi connectivity index (χ0v) is 19.8. The van der Waals surface area contributed by atoms with Crippen LogP contribution < -0.4 is 15.3 Å². The normalized spacial score (nSPS) is 13.4. The van der Waals surface area contributed by atoms with Crippen molar-refractivity contribution in [3.63, 3.8) is 0 Å². The minimum atomic E-state index is -3.61. The summed E-state index contributed by atoms with van der Waals surface area (Å²) in [5.74, 6) is 0. The number of hydrogen-bond acceptors (Lipinski definition) is 2. The zero-order valence-electron chi connectivity index (χ0n) is 18.0. The number of aryl methyl sites for hydroxylation is 1. The van der Waals surface area contributed by atoms with Gasteiger partial charge in [-0.15, -0.1) is 0 Å². The highest BCUT2D eigenvalue weighted by atomic mass is 32.2. The largest absolute Gasteiger partial charge is 0.240 e. The summed E-state index contributed by atoms with van der Waals surface area (Å²) in [6.07, 6.45) is 0.734. The van der Waals surface area contributed by atoms with Crippen LogP contribution in [0.15, 0.2) is 89.8 Å². The molecule has 0 saturated carbocycles. The number of nitrogens with one attached hydrogen (secondary N) is 1. The molecule has 158 valence electrons. The Morgan fingerprint density at radius 2 is 1.27 bits per heavy atom. The van der Waals surface area contributed by atoms with Crippen LogP contribution >= 0.6 is 7.92 Å². The van der Waals surface area contributed by atoms with E-state index in [2.05, 4.69) is 74.0 Å². The lowest BCUT2D eigenvalue weighted by atomic mass is 9.89. The molecule has 3 rings (SSSR count). The van der Waals surface area contributed by atoms with E-state index in [0.717, 1.165) is 11.7 Å². The SMILES string of the molecule is Cc1ccc(S(=O)(=O)N[C@H](CP(c2ccccc2)c2ccccc2)C(C)(C)C)cc1. The summed E-state index contributed by atoms with van der Waals surface area (Å²) in [7, 11) is -4.32. The van der Waals surface area contributed by atoms with Crippen molar-refractivity contribution < 1.29 is 8.42 Å². The zero-order chi connectivity index (χ0) is 21.8. The van der Waals surface area contributed by atoms with Crippen molar-refractivity contribution in [2.45, 2.75) is 38.6 Å². The Morgan fingerprint density at radius 1 is 0.800 bits per heavy atom. The van der Waals surface area contributed by atoms with E-state index < -0.39 is 17.9 Å². The predicted molar refractivity (Wildman–Crippen MR) is 129 cm³/mol. The van der Waals surface area contributed by atoms with E-state index >= 15 is 0 Å². The van der Waals surface area contributed by atoms with Crippen LogP contribution in [0.3, 0.4) is 0 Å². The maximum Gasteiger partial charge on any atom is 0.240 e. The summed E-state index contributed by atoms with van der Waals surface area (Å²) in [4.78, 5) is 0.311. The fourth-order valence-corrected chi connectivity index (χ4v) is 7.57. The second-order valence-electron chi connectivity index (χ2n) is 8.63. The van der Waals surface area contributed by atoms with Crippen LogP contribution in [0, 0.1) is 12.3 Å². The van der Waals surface area contributed by atoms with Crippen molar-refractivity contribution in [1.29, 1.82) is 0 Å². The molecule has 5 heteroatoms.